The zero-order valence-corrected chi connectivity index (χ0v) is 18.0. The van der Waals surface area contributed by atoms with Gasteiger partial charge in [0, 0.05) is 41.5 Å². The van der Waals surface area contributed by atoms with Crippen LogP contribution >= 0.6 is 11.6 Å². The highest BCUT2D eigenvalue weighted by Crippen LogP contribution is 2.26. The number of anilines is 2. The Morgan fingerprint density at radius 2 is 1.62 bits per heavy atom. The van der Waals surface area contributed by atoms with Crippen molar-refractivity contribution < 1.29 is 14.4 Å². The van der Waals surface area contributed by atoms with Gasteiger partial charge in [-0.3, -0.25) is 14.4 Å². The summed E-state index contributed by atoms with van der Waals surface area (Å²) >= 11 is 5.87. The number of halogens is 1. The lowest BCUT2D eigenvalue weighted by atomic mass is 10.1. The number of rotatable bonds is 6. The summed E-state index contributed by atoms with van der Waals surface area (Å²) in [6.07, 6.45) is 0.173. The van der Waals surface area contributed by atoms with Gasteiger partial charge >= 0.3 is 0 Å². The topological polar surface area (TPSA) is 78.5 Å². The smallest absolute Gasteiger partial charge is 0.251 e. The standard InChI is InChI=1S/C25H22ClN3O3/c26-20-10-6-17(7-11-20)15-27-24(31)18-8-12-21(13-9-18)28-25(32)19-14-23(30)29(16-19)22-4-2-1-3-5-22/h1-13,19H,14-16H2,(H,27,31)(H,28,32). The maximum atomic E-state index is 12.7. The highest BCUT2D eigenvalue weighted by atomic mass is 35.5. The first-order valence-corrected chi connectivity index (χ1v) is 10.7. The fourth-order valence-corrected chi connectivity index (χ4v) is 3.70. The SMILES string of the molecule is O=C(NCc1ccc(Cl)cc1)c1ccc(NC(=O)C2CC(=O)N(c3ccccc3)C2)cc1. The second-order valence-corrected chi connectivity index (χ2v) is 8.05. The van der Waals surface area contributed by atoms with Gasteiger partial charge in [0.05, 0.1) is 5.92 Å². The largest absolute Gasteiger partial charge is 0.348 e. The monoisotopic (exact) mass is 447 g/mol. The zero-order valence-electron chi connectivity index (χ0n) is 17.3. The van der Waals surface area contributed by atoms with Gasteiger partial charge in [-0.15, -0.1) is 0 Å². The first-order valence-electron chi connectivity index (χ1n) is 10.3. The molecule has 1 aliphatic heterocycles. The molecule has 0 saturated carbocycles. The Morgan fingerprint density at radius 3 is 2.31 bits per heavy atom. The van der Waals surface area contributed by atoms with Crippen LogP contribution in [0.4, 0.5) is 11.4 Å². The molecule has 0 aliphatic carbocycles. The van der Waals surface area contributed by atoms with E-state index in [0.29, 0.717) is 29.4 Å². The van der Waals surface area contributed by atoms with Crippen molar-refractivity contribution in [1.29, 1.82) is 0 Å². The summed E-state index contributed by atoms with van der Waals surface area (Å²) in [5.41, 5.74) is 2.81. The molecule has 0 radical (unpaired) electrons. The predicted octanol–water partition coefficient (Wildman–Crippen LogP) is 4.26. The van der Waals surface area contributed by atoms with Crippen molar-refractivity contribution in [1.82, 2.24) is 5.32 Å². The molecule has 2 N–H and O–H groups in total. The fourth-order valence-electron chi connectivity index (χ4n) is 3.58. The molecule has 1 heterocycles. The first-order chi connectivity index (χ1) is 15.5. The van der Waals surface area contributed by atoms with Gasteiger partial charge in [0.15, 0.2) is 0 Å². The van der Waals surface area contributed by atoms with Crippen LogP contribution in [0, 0.1) is 5.92 Å². The summed E-state index contributed by atoms with van der Waals surface area (Å²) in [5, 5.41) is 6.34. The highest BCUT2D eigenvalue weighted by molar-refractivity contribution is 6.30. The molecule has 0 bridgehead atoms. The highest BCUT2D eigenvalue weighted by Gasteiger charge is 2.35. The fraction of sp³-hybridized carbons (Fsp3) is 0.160. The molecule has 1 atom stereocenters. The average molecular weight is 448 g/mol. The number of hydrogen-bond donors (Lipinski definition) is 2. The van der Waals surface area contributed by atoms with Crippen molar-refractivity contribution in [2.24, 2.45) is 5.92 Å². The van der Waals surface area contributed by atoms with Crippen molar-refractivity contribution in [2.45, 2.75) is 13.0 Å². The van der Waals surface area contributed by atoms with E-state index in [2.05, 4.69) is 10.6 Å². The van der Waals surface area contributed by atoms with Crippen LogP contribution in [-0.2, 0) is 16.1 Å². The van der Waals surface area contributed by atoms with Crippen molar-refractivity contribution >= 4 is 40.7 Å². The van der Waals surface area contributed by atoms with Crippen LogP contribution in [0.2, 0.25) is 5.02 Å². The third-order valence-electron chi connectivity index (χ3n) is 5.34. The molecule has 1 saturated heterocycles. The lowest BCUT2D eigenvalue weighted by Crippen LogP contribution is -2.28. The van der Waals surface area contributed by atoms with Crippen LogP contribution in [0.25, 0.3) is 0 Å². The molecule has 0 aromatic heterocycles. The lowest BCUT2D eigenvalue weighted by molar-refractivity contribution is -0.122. The molecular weight excluding hydrogens is 426 g/mol. The normalized spacial score (nSPS) is 15.5. The van der Waals surface area contributed by atoms with Crippen LogP contribution in [0.15, 0.2) is 78.9 Å². The zero-order chi connectivity index (χ0) is 22.5. The number of amides is 3. The average Bonchev–Trinajstić information content (AvgIpc) is 3.21. The Kier molecular flexibility index (Phi) is 6.52. The minimum Gasteiger partial charge on any atom is -0.348 e. The summed E-state index contributed by atoms with van der Waals surface area (Å²) in [7, 11) is 0. The molecule has 1 fully saturated rings. The third kappa shape index (κ3) is 5.15. The summed E-state index contributed by atoms with van der Waals surface area (Å²) in [6, 6.07) is 23.3. The molecule has 7 heteroatoms. The van der Waals surface area contributed by atoms with Gasteiger partial charge in [0.25, 0.3) is 5.91 Å². The third-order valence-corrected chi connectivity index (χ3v) is 5.60. The van der Waals surface area contributed by atoms with Crippen LogP contribution < -0.4 is 15.5 Å². The number of carbonyl (C=O) groups excluding carboxylic acids is 3. The first kappa shape index (κ1) is 21.6. The second kappa shape index (κ2) is 9.66. The number of carbonyl (C=O) groups is 3. The van der Waals surface area contributed by atoms with Crippen molar-refractivity contribution in [3.63, 3.8) is 0 Å². The van der Waals surface area contributed by atoms with Crippen LogP contribution in [0.3, 0.4) is 0 Å². The summed E-state index contributed by atoms with van der Waals surface area (Å²) in [4.78, 5) is 39.0. The Morgan fingerprint density at radius 1 is 0.938 bits per heavy atom. The van der Waals surface area contributed by atoms with E-state index in [-0.39, 0.29) is 24.1 Å². The molecule has 3 aromatic rings. The summed E-state index contributed by atoms with van der Waals surface area (Å²) < 4.78 is 0. The van der Waals surface area contributed by atoms with E-state index < -0.39 is 5.92 Å². The number of hydrogen-bond acceptors (Lipinski definition) is 3. The number of nitrogens with one attached hydrogen (secondary N) is 2. The number of benzene rings is 3. The van der Waals surface area contributed by atoms with Crippen molar-refractivity contribution in [2.75, 3.05) is 16.8 Å². The van der Waals surface area contributed by atoms with Crippen molar-refractivity contribution in [3.05, 3.63) is 95.0 Å². The van der Waals surface area contributed by atoms with Gasteiger partial charge in [-0.05, 0) is 54.1 Å². The molecule has 3 amide bonds. The number of nitrogens with zero attached hydrogens (tertiary/aromatic N) is 1. The Labute approximate surface area is 191 Å². The molecule has 6 nitrogen and oxygen atoms in total. The number of para-hydroxylation sites is 1. The minimum atomic E-state index is -0.426. The molecule has 32 heavy (non-hydrogen) atoms. The van der Waals surface area contributed by atoms with Gasteiger partial charge in [0.2, 0.25) is 11.8 Å². The minimum absolute atomic E-state index is 0.0657. The predicted molar refractivity (Wildman–Crippen MR) is 125 cm³/mol. The van der Waals surface area contributed by atoms with E-state index in [1.54, 1.807) is 41.3 Å². The molecule has 3 aromatic carbocycles. The second-order valence-electron chi connectivity index (χ2n) is 7.62. The van der Waals surface area contributed by atoms with Gasteiger partial charge in [-0.25, -0.2) is 0 Å². The molecule has 4 rings (SSSR count). The van der Waals surface area contributed by atoms with E-state index in [1.165, 1.54) is 0 Å². The van der Waals surface area contributed by atoms with E-state index in [1.807, 2.05) is 42.5 Å². The summed E-state index contributed by atoms with van der Waals surface area (Å²) in [6.45, 7) is 0.738. The van der Waals surface area contributed by atoms with Crippen LogP contribution in [0.5, 0.6) is 0 Å². The van der Waals surface area contributed by atoms with Crippen molar-refractivity contribution in [3.8, 4) is 0 Å². The van der Waals surface area contributed by atoms with Gasteiger partial charge < -0.3 is 15.5 Å². The lowest BCUT2D eigenvalue weighted by Gasteiger charge is -2.16. The Hall–Kier alpha value is -3.64. The summed E-state index contributed by atoms with van der Waals surface area (Å²) in [5.74, 6) is -0.913. The maximum Gasteiger partial charge on any atom is 0.251 e. The molecule has 1 aliphatic rings. The van der Waals surface area contributed by atoms with E-state index in [0.717, 1.165) is 11.3 Å². The van der Waals surface area contributed by atoms with E-state index in [9.17, 15) is 14.4 Å². The van der Waals surface area contributed by atoms with Crippen LogP contribution in [0.1, 0.15) is 22.3 Å². The van der Waals surface area contributed by atoms with E-state index in [4.69, 9.17) is 11.6 Å². The quantitative estimate of drug-likeness (QED) is 0.592. The molecule has 0 spiro atoms. The Bertz CT molecular complexity index is 1120. The Balaban J connectivity index is 1.31. The van der Waals surface area contributed by atoms with Gasteiger partial charge in [-0.2, -0.15) is 0 Å². The molecule has 1 unspecified atom stereocenters. The maximum absolute atomic E-state index is 12.7. The van der Waals surface area contributed by atoms with Crippen LogP contribution in [-0.4, -0.2) is 24.3 Å². The van der Waals surface area contributed by atoms with E-state index >= 15 is 0 Å². The van der Waals surface area contributed by atoms with Gasteiger partial charge in [0.1, 0.15) is 0 Å². The molecular formula is C25H22ClN3O3. The van der Waals surface area contributed by atoms with Gasteiger partial charge in [-0.1, -0.05) is 41.9 Å². The molecule has 162 valence electrons.